The Balaban J connectivity index is 1.58. The minimum atomic E-state index is -1.05. The quantitative estimate of drug-likeness (QED) is 0.428. The van der Waals surface area contributed by atoms with Crippen molar-refractivity contribution in [3.63, 3.8) is 0 Å². The van der Waals surface area contributed by atoms with E-state index in [1.54, 1.807) is 47.2 Å². The molecule has 2 heterocycles. The van der Waals surface area contributed by atoms with Gasteiger partial charge in [-0.3, -0.25) is 9.59 Å². The molecule has 1 aliphatic rings. The van der Waals surface area contributed by atoms with Crippen molar-refractivity contribution in [1.29, 1.82) is 0 Å². The maximum absolute atomic E-state index is 13.5. The average molecular weight is 509 g/mol. The first kappa shape index (κ1) is 25.6. The molecular formula is C27H32N4O4S. The van der Waals surface area contributed by atoms with Crippen LogP contribution in [0.1, 0.15) is 66.6 Å². The summed E-state index contributed by atoms with van der Waals surface area (Å²) in [4.78, 5) is 44.7. The number of amides is 2. The first-order valence-electron chi connectivity index (χ1n) is 12.2. The van der Waals surface area contributed by atoms with E-state index in [2.05, 4.69) is 17.2 Å². The van der Waals surface area contributed by atoms with Crippen LogP contribution in [0, 0.1) is 11.8 Å². The largest absolute Gasteiger partial charge is 0.477 e. The van der Waals surface area contributed by atoms with Gasteiger partial charge in [-0.05, 0) is 69.2 Å². The number of carbonyl (C=O) groups is 3. The minimum absolute atomic E-state index is 0.0105. The summed E-state index contributed by atoms with van der Waals surface area (Å²) >= 11 is 1.16. The summed E-state index contributed by atoms with van der Waals surface area (Å²) in [7, 11) is 1.79. The van der Waals surface area contributed by atoms with Crippen LogP contribution in [-0.2, 0) is 11.8 Å². The summed E-state index contributed by atoms with van der Waals surface area (Å²) in [6.45, 7) is 6.06. The highest BCUT2D eigenvalue weighted by Gasteiger charge is 2.33. The van der Waals surface area contributed by atoms with E-state index in [0.717, 1.165) is 47.5 Å². The van der Waals surface area contributed by atoms with Gasteiger partial charge in [0.15, 0.2) is 0 Å². The summed E-state index contributed by atoms with van der Waals surface area (Å²) in [5.41, 5.74) is 2.19. The molecule has 0 unspecified atom stereocenters. The summed E-state index contributed by atoms with van der Waals surface area (Å²) in [5.74, 6) is -0.790. The SMILES string of the molecule is CC1CCC(C(=O)N(c2cc(-c3ccc(NC(=O)c4cn(C)cn4)cc3)sc2C(=O)O)C(C)C)CC1. The third-order valence-electron chi connectivity index (χ3n) is 6.65. The van der Waals surface area contributed by atoms with E-state index in [1.807, 2.05) is 26.0 Å². The Kier molecular flexibility index (Phi) is 7.59. The van der Waals surface area contributed by atoms with Crippen LogP contribution in [0.3, 0.4) is 0 Å². The van der Waals surface area contributed by atoms with Crippen molar-refractivity contribution in [2.45, 2.75) is 52.5 Å². The summed E-state index contributed by atoms with van der Waals surface area (Å²) in [6.07, 6.45) is 6.92. The fourth-order valence-corrected chi connectivity index (χ4v) is 5.65. The second-order valence-electron chi connectivity index (χ2n) is 9.84. The first-order valence-corrected chi connectivity index (χ1v) is 13.1. The van der Waals surface area contributed by atoms with Crippen molar-refractivity contribution >= 4 is 40.5 Å². The van der Waals surface area contributed by atoms with Crippen LogP contribution >= 0.6 is 11.3 Å². The smallest absolute Gasteiger partial charge is 0.348 e. The second-order valence-corrected chi connectivity index (χ2v) is 10.9. The molecule has 9 heteroatoms. The van der Waals surface area contributed by atoms with Crippen molar-refractivity contribution in [1.82, 2.24) is 9.55 Å². The van der Waals surface area contributed by atoms with Gasteiger partial charge >= 0.3 is 5.97 Å². The number of aryl methyl sites for hydroxylation is 1. The molecule has 1 aromatic carbocycles. The molecule has 0 atom stereocenters. The molecule has 1 fully saturated rings. The monoisotopic (exact) mass is 508 g/mol. The van der Waals surface area contributed by atoms with E-state index in [4.69, 9.17) is 0 Å². The molecule has 2 aromatic heterocycles. The van der Waals surface area contributed by atoms with Crippen LogP contribution in [0.4, 0.5) is 11.4 Å². The number of rotatable bonds is 7. The molecule has 36 heavy (non-hydrogen) atoms. The van der Waals surface area contributed by atoms with Crippen molar-refractivity contribution < 1.29 is 19.5 Å². The zero-order valence-corrected chi connectivity index (χ0v) is 21.8. The minimum Gasteiger partial charge on any atom is -0.477 e. The number of carbonyl (C=O) groups excluding carboxylic acids is 2. The van der Waals surface area contributed by atoms with Crippen LogP contribution in [0.25, 0.3) is 10.4 Å². The van der Waals surface area contributed by atoms with Gasteiger partial charge in [0, 0.05) is 35.8 Å². The number of aromatic carboxylic acids is 1. The Hall–Kier alpha value is -3.46. The van der Waals surface area contributed by atoms with Crippen LogP contribution in [-0.4, -0.2) is 38.5 Å². The molecular weight excluding hydrogens is 476 g/mol. The standard InChI is InChI=1S/C27H32N4O4S/c1-16(2)31(26(33)19-7-5-17(3)6-8-19)22-13-23(36-24(22)27(34)35)18-9-11-20(12-10-18)29-25(32)21-14-30(4)15-28-21/h9-17,19H,5-8H2,1-4H3,(H,29,32)(H,34,35). The zero-order valence-electron chi connectivity index (χ0n) is 21.0. The molecule has 2 N–H and O–H groups in total. The van der Waals surface area contributed by atoms with Crippen LogP contribution < -0.4 is 10.2 Å². The van der Waals surface area contributed by atoms with E-state index in [0.29, 0.717) is 23.0 Å². The van der Waals surface area contributed by atoms with E-state index >= 15 is 0 Å². The third kappa shape index (κ3) is 5.51. The van der Waals surface area contributed by atoms with Gasteiger partial charge < -0.3 is 19.9 Å². The van der Waals surface area contributed by atoms with Crippen LogP contribution in [0.2, 0.25) is 0 Å². The topological polar surface area (TPSA) is 105 Å². The van der Waals surface area contributed by atoms with Gasteiger partial charge in [0.1, 0.15) is 10.6 Å². The number of carboxylic acid groups (broad SMARTS) is 1. The molecule has 0 spiro atoms. The molecule has 1 saturated carbocycles. The van der Waals surface area contributed by atoms with Crippen molar-refractivity contribution in [2.24, 2.45) is 18.9 Å². The highest BCUT2D eigenvalue weighted by Crippen LogP contribution is 2.40. The third-order valence-corrected chi connectivity index (χ3v) is 7.81. The first-order chi connectivity index (χ1) is 17.1. The Morgan fingerprint density at radius 3 is 2.36 bits per heavy atom. The molecule has 0 radical (unpaired) electrons. The van der Waals surface area contributed by atoms with Gasteiger partial charge in [-0.15, -0.1) is 11.3 Å². The number of carboxylic acids is 1. The lowest BCUT2D eigenvalue weighted by Crippen LogP contribution is -2.42. The normalized spacial score (nSPS) is 17.7. The Morgan fingerprint density at radius 1 is 1.14 bits per heavy atom. The van der Waals surface area contributed by atoms with E-state index < -0.39 is 5.97 Å². The molecule has 0 aliphatic heterocycles. The molecule has 3 aromatic rings. The lowest BCUT2D eigenvalue weighted by Gasteiger charge is -2.33. The van der Waals surface area contributed by atoms with Crippen molar-refractivity contribution in [2.75, 3.05) is 10.2 Å². The number of thiophene rings is 1. The summed E-state index contributed by atoms with van der Waals surface area (Å²) in [5, 5.41) is 12.8. The molecule has 0 bridgehead atoms. The molecule has 0 saturated heterocycles. The molecule has 1 aliphatic carbocycles. The Morgan fingerprint density at radius 2 is 1.81 bits per heavy atom. The maximum Gasteiger partial charge on any atom is 0.348 e. The number of nitrogens with one attached hydrogen (secondary N) is 1. The van der Waals surface area contributed by atoms with E-state index in [9.17, 15) is 19.5 Å². The van der Waals surface area contributed by atoms with Gasteiger partial charge in [-0.1, -0.05) is 19.1 Å². The predicted molar refractivity (Wildman–Crippen MR) is 142 cm³/mol. The van der Waals surface area contributed by atoms with Crippen LogP contribution in [0.5, 0.6) is 0 Å². The fraction of sp³-hybridized carbons (Fsp3) is 0.407. The highest BCUT2D eigenvalue weighted by atomic mass is 32.1. The maximum atomic E-state index is 13.5. The van der Waals surface area contributed by atoms with Gasteiger partial charge in [0.25, 0.3) is 5.91 Å². The van der Waals surface area contributed by atoms with E-state index in [1.165, 1.54) is 0 Å². The number of imidazole rings is 1. The number of aromatic nitrogens is 2. The summed E-state index contributed by atoms with van der Waals surface area (Å²) in [6, 6.07) is 8.84. The molecule has 8 nitrogen and oxygen atoms in total. The van der Waals surface area contributed by atoms with Crippen molar-refractivity contribution in [3.8, 4) is 10.4 Å². The predicted octanol–water partition coefficient (Wildman–Crippen LogP) is 5.67. The molecule has 4 rings (SSSR count). The number of nitrogens with zero attached hydrogens (tertiary/aromatic N) is 3. The zero-order chi connectivity index (χ0) is 26.0. The Bertz CT molecular complexity index is 1250. The molecule has 190 valence electrons. The van der Waals surface area contributed by atoms with Gasteiger partial charge in [-0.25, -0.2) is 9.78 Å². The molecule has 2 amide bonds. The average Bonchev–Trinajstić information content (AvgIpc) is 3.47. The number of hydrogen-bond donors (Lipinski definition) is 2. The lowest BCUT2D eigenvalue weighted by atomic mass is 9.82. The lowest BCUT2D eigenvalue weighted by molar-refractivity contribution is -0.123. The van der Waals surface area contributed by atoms with Gasteiger partial charge in [-0.2, -0.15) is 0 Å². The summed E-state index contributed by atoms with van der Waals surface area (Å²) < 4.78 is 1.70. The second kappa shape index (κ2) is 10.7. The van der Waals surface area contributed by atoms with Crippen molar-refractivity contribution in [3.05, 3.63) is 53.4 Å². The fourth-order valence-electron chi connectivity index (χ4n) is 4.65. The Labute approximate surface area is 215 Å². The van der Waals surface area contributed by atoms with Crippen LogP contribution in [0.15, 0.2) is 42.9 Å². The number of hydrogen-bond acceptors (Lipinski definition) is 5. The number of benzene rings is 1. The van der Waals surface area contributed by atoms with Gasteiger partial charge in [0.2, 0.25) is 5.91 Å². The van der Waals surface area contributed by atoms with Gasteiger partial charge in [0.05, 0.1) is 12.0 Å². The highest BCUT2D eigenvalue weighted by molar-refractivity contribution is 7.18. The number of anilines is 2. The van der Waals surface area contributed by atoms with E-state index in [-0.39, 0.29) is 28.7 Å².